The van der Waals surface area contributed by atoms with Crippen LogP contribution in [0.1, 0.15) is 18.4 Å². The zero-order chi connectivity index (χ0) is 18.5. The molecule has 1 atom stereocenters. The number of carbonyl (C=O) groups is 1. The number of hydrogen-bond donors (Lipinski definition) is 0. The maximum atomic E-state index is 14.5. The van der Waals surface area contributed by atoms with Crippen LogP contribution in [0, 0.1) is 5.82 Å². The van der Waals surface area contributed by atoms with Gasteiger partial charge in [-0.15, -0.1) is 0 Å². The molecule has 0 spiro atoms. The van der Waals surface area contributed by atoms with Gasteiger partial charge in [0.2, 0.25) is 0 Å². The average molecular weight is 350 g/mol. The Hall–Kier alpha value is -3.14. The van der Waals surface area contributed by atoms with Crippen LogP contribution < -0.4 is 9.47 Å². The van der Waals surface area contributed by atoms with Gasteiger partial charge in [0, 0.05) is 5.56 Å². The summed E-state index contributed by atoms with van der Waals surface area (Å²) in [6.45, 7) is 1.70. The molecule has 0 aliphatic heterocycles. The molecule has 132 valence electrons. The van der Waals surface area contributed by atoms with E-state index in [9.17, 15) is 9.18 Å². The number of rotatable bonds is 5. The van der Waals surface area contributed by atoms with Crippen molar-refractivity contribution >= 4 is 5.97 Å². The second-order valence-corrected chi connectivity index (χ2v) is 5.92. The summed E-state index contributed by atoms with van der Waals surface area (Å²) >= 11 is 0. The number of benzene rings is 3. The predicted octanol–water partition coefficient (Wildman–Crippen LogP) is 5.21. The van der Waals surface area contributed by atoms with E-state index in [2.05, 4.69) is 0 Å². The number of halogens is 1. The molecule has 3 aromatic rings. The number of esters is 1. The van der Waals surface area contributed by atoms with Crippen LogP contribution >= 0.6 is 0 Å². The molecular weight excluding hydrogens is 331 g/mol. The summed E-state index contributed by atoms with van der Waals surface area (Å²) in [7, 11) is 1.57. The Bertz CT molecular complexity index is 889. The van der Waals surface area contributed by atoms with Gasteiger partial charge in [-0.3, -0.25) is 4.79 Å². The molecule has 3 rings (SSSR count). The average Bonchev–Trinajstić information content (AvgIpc) is 2.68. The lowest BCUT2D eigenvalue weighted by Gasteiger charge is -2.13. The Morgan fingerprint density at radius 3 is 2.19 bits per heavy atom. The van der Waals surface area contributed by atoms with Gasteiger partial charge in [-0.25, -0.2) is 4.39 Å². The highest BCUT2D eigenvalue weighted by molar-refractivity contribution is 5.80. The normalized spacial score (nSPS) is 11.7. The molecule has 1 unspecified atom stereocenters. The van der Waals surface area contributed by atoms with Crippen LogP contribution in [0.2, 0.25) is 0 Å². The molecule has 4 heteroatoms. The molecule has 0 N–H and O–H groups in total. The first-order chi connectivity index (χ1) is 12.6. The third kappa shape index (κ3) is 3.91. The van der Waals surface area contributed by atoms with Crippen LogP contribution in [0.15, 0.2) is 72.8 Å². The van der Waals surface area contributed by atoms with Crippen LogP contribution in [0.4, 0.5) is 4.39 Å². The molecule has 0 radical (unpaired) electrons. The monoisotopic (exact) mass is 350 g/mol. The molecule has 0 heterocycles. The van der Waals surface area contributed by atoms with E-state index in [1.54, 1.807) is 50.4 Å². The van der Waals surface area contributed by atoms with E-state index in [1.165, 1.54) is 6.07 Å². The molecule has 3 nitrogen and oxygen atoms in total. The van der Waals surface area contributed by atoms with Crippen molar-refractivity contribution in [1.29, 1.82) is 0 Å². The molecule has 3 aromatic carbocycles. The number of methoxy groups -OCH3 is 1. The Morgan fingerprint density at radius 1 is 0.923 bits per heavy atom. The zero-order valence-electron chi connectivity index (χ0n) is 14.6. The van der Waals surface area contributed by atoms with Gasteiger partial charge >= 0.3 is 5.97 Å². The molecule has 0 aromatic heterocycles. The molecule has 0 aliphatic rings. The minimum absolute atomic E-state index is 0.363. The van der Waals surface area contributed by atoms with Crippen LogP contribution in [-0.4, -0.2) is 13.1 Å². The number of ether oxygens (including phenoxy) is 2. The van der Waals surface area contributed by atoms with Crippen molar-refractivity contribution in [2.75, 3.05) is 7.11 Å². The summed E-state index contributed by atoms with van der Waals surface area (Å²) < 4.78 is 24.9. The van der Waals surface area contributed by atoms with Gasteiger partial charge in [-0.05, 0) is 48.4 Å². The van der Waals surface area contributed by atoms with Gasteiger partial charge in [-0.1, -0.05) is 42.5 Å². The summed E-state index contributed by atoms with van der Waals surface area (Å²) in [5.41, 5.74) is 1.87. The summed E-state index contributed by atoms with van der Waals surface area (Å²) in [6.07, 6.45) is 0. The van der Waals surface area contributed by atoms with E-state index in [-0.39, 0.29) is 5.82 Å². The second-order valence-electron chi connectivity index (χ2n) is 5.92. The fourth-order valence-electron chi connectivity index (χ4n) is 2.64. The lowest BCUT2D eigenvalue weighted by Crippen LogP contribution is -2.16. The van der Waals surface area contributed by atoms with E-state index in [0.717, 1.165) is 5.56 Å². The lowest BCUT2D eigenvalue weighted by atomic mass is 9.97. The smallest absolute Gasteiger partial charge is 0.318 e. The van der Waals surface area contributed by atoms with Gasteiger partial charge in [0.05, 0.1) is 13.0 Å². The number of hydrogen-bond acceptors (Lipinski definition) is 3. The maximum absolute atomic E-state index is 14.5. The molecule has 0 amide bonds. The van der Waals surface area contributed by atoms with Crippen molar-refractivity contribution in [3.05, 3.63) is 84.2 Å². The van der Waals surface area contributed by atoms with Crippen molar-refractivity contribution in [2.24, 2.45) is 0 Å². The van der Waals surface area contributed by atoms with Crippen LogP contribution in [-0.2, 0) is 4.79 Å². The summed E-state index contributed by atoms with van der Waals surface area (Å²) in [4.78, 5) is 12.4. The highest BCUT2D eigenvalue weighted by atomic mass is 19.1. The lowest BCUT2D eigenvalue weighted by molar-refractivity contribution is -0.135. The highest BCUT2D eigenvalue weighted by Gasteiger charge is 2.19. The van der Waals surface area contributed by atoms with E-state index < -0.39 is 11.9 Å². The Kier molecular flexibility index (Phi) is 5.32. The molecule has 0 bridgehead atoms. The Labute approximate surface area is 152 Å². The van der Waals surface area contributed by atoms with Gasteiger partial charge < -0.3 is 9.47 Å². The van der Waals surface area contributed by atoms with E-state index >= 15 is 0 Å². The van der Waals surface area contributed by atoms with Crippen LogP contribution in [0.5, 0.6) is 11.5 Å². The van der Waals surface area contributed by atoms with Gasteiger partial charge in [0.1, 0.15) is 17.3 Å². The Morgan fingerprint density at radius 2 is 1.58 bits per heavy atom. The molecular formula is C22H19FO3. The van der Waals surface area contributed by atoms with Crippen LogP contribution in [0.3, 0.4) is 0 Å². The first-order valence-corrected chi connectivity index (χ1v) is 8.29. The van der Waals surface area contributed by atoms with Gasteiger partial charge in [-0.2, -0.15) is 0 Å². The molecule has 0 saturated carbocycles. The second kappa shape index (κ2) is 7.83. The van der Waals surface area contributed by atoms with E-state index in [1.807, 2.05) is 30.3 Å². The molecule has 26 heavy (non-hydrogen) atoms. The van der Waals surface area contributed by atoms with E-state index in [0.29, 0.717) is 22.6 Å². The number of carbonyl (C=O) groups excluding carboxylic acids is 1. The minimum atomic E-state index is -0.587. The summed E-state index contributed by atoms with van der Waals surface area (Å²) in [5, 5.41) is 0. The van der Waals surface area contributed by atoms with Crippen molar-refractivity contribution in [2.45, 2.75) is 12.8 Å². The van der Waals surface area contributed by atoms with Crippen molar-refractivity contribution in [3.8, 4) is 22.6 Å². The van der Waals surface area contributed by atoms with Crippen LogP contribution in [0.25, 0.3) is 11.1 Å². The third-order valence-corrected chi connectivity index (χ3v) is 4.21. The molecule has 0 aliphatic carbocycles. The third-order valence-electron chi connectivity index (χ3n) is 4.21. The quantitative estimate of drug-likeness (QED) is 0.468. The van der Waals surface area contributed by atoms with Crippen molar-refractivity contribution in [1.82, 2.24) is 0 Å². The minimum Gasteiger partial charge on any atom is -0.497 e. The summed E-state index contributed by atoms with van der Waals surface area (Å²) in [6, 6.07) is 20.9. The maximum Gasteiger partial charge on any atom is 0.318 e. The first kappa shape index (κ1) is 17.7. The fraction of sp³-hybridized carbons (Fsp3) is 0.136. The fourth-order valence-corrected chi connectivity index (χ4v) is 2.64. The predicted molar refractivity (Wildman–Crippen MR) is 98.9 cm³/mol. The van der Waals surface area contributed by atoms with E-state index in [4.69, 9.17) is 9.47 Å². The first-order valence-electron chi connectivity index (χ1n) is 8.29. The highest BCUT2D eigenvalue weighted by Crippen LogP contribution is 2.27. The van der Waals surface area contributed by atoms with Gasteiger partial charge in [0.25, 0.3) is 0 Å². The zero-order valence-corrected chi connectivity index (χ0v) is 14.6. The standard InChI is InChI=1S/C22H19FO3/c1-15(22(24)26-19-11-9-18(25-2)10-12-19)17-8-13-20(21(23)14-17)16-6-4-3-5-7-16/h3-15H,1-2H3. The Balaban J connectivity index is 1.75. The van der Waals surface area contributed by atoms with Gasteiger partial charge in [0.15, 0.2) is 0 Å². The SMILES string of the molecule is COc1ccc(OC(=O)C(C)c2ccc(-c3ccccc3)c(F)c2)cc1. The van der Waals surface area contributed by atoms with Crippen molar-refractivity contribution in [3.63, 3.8) is 0 Å². The summed E-state index contributed by atoms with van der Waals surface area (Å²) in [5.74, 6) is -0.295. The van der Waals surface area contributed by atoms with Crippen molar-refractivity contribution < 1.29 is 18.7 Å². The topological polar surface area (TPSA) is 35.5 Å². The molecule has 0 saturated heterocycles. The largest absolute Gasteiger partial charge is 0.497 e. The molecule has 0 fully saturated rings.